The highest BCUT2D eigenvalue weighted by Crippen LogP contribution is 2.23. The molecule has 0 aliphatic rings. The number of halogens is 1. The summed E-state index contributed by atoms with van der Waals surface area (Å²) in [5, 5.41) is 8.40. The zero-order valence-corrected chi connectivity index (χ0v) is 16.6. The number of amides is 1. The molecule has 1 aromatic carbocycles. The van der Waals surface area contributed by atoms with E-state index in [0.29, 0.717) is 29.5 Å². The smallest absolute Gasteiger partial charge is 0.255 e. The summed E-state index contributed by atoms with van der Waals surface area (Å²) >= 11 is 6.02. The molecule has 0 spiro atoms. The predicted molar refractivity (Wildman–Crippen MR) is 106 cm³/mol. The normalized spacial score (nSPS) is 11.1. The van der Waals surface area contributed by atoms with Crippen LogP contribution in [0.4, 0.5) is 0 Å². The molecule has 142 valence electrons. The summed E-state index contributed by atoms with van der Waals surface area (Å²) in [6.07, 6.45) is 3.02. The number of aromatic nitrogens is 2. The number of hydrogen-bond donors (Lipinski definition) is 1. The van der Waals surface area contributed by atoms with Crippen LogP contribution in [-0.4, -0.2) is 15.7 Å². The van der Waals surface area contributed by atoms with Crippen LogP contribution in [-0.2, 0) is 19.4 Å². The third-order valence-corrected chi connectivity index (χ3v) is 4.54. The molecule has 0 bridgehead atoms. The van der Waals surface area contributed by atoms with Crippen LogP contribution in [0.2, 0.25) is 5.02 Å². The van der Waals surface area contributed by atoms with Crippen LogP contribution >= 0.6 is 11.6 Å². The van der Waals surface area contributed by atoms with Crippen molar-refractivity contribution in [3.05, 3.63) is 70.4 Å². The standard InChI is InChI=1S/C21H24ClN3O2/c1-4-19-20(21(26)23-13-17-6-5-11-27-17)18(12-14(2)3)24-25(19)16-9-7-15(22)8-10-16/h5-11,14H,4,12-13H2,1-3H3,(H,23,26). The number of furan rings is 1. The molecule has 2 aromatic heterocycles. The molecule has 0 unspecified atom stereocenters. The topological polar surface area (TPSA) is 60.1 Å². The lowest BCUT2D eigenvalue weighted by atomic mass is 10.0. The molecule has 0 fully saturated rings. The Morgan fingerprint density at radius 3 is 2.59 bits per heavy atom. The third-order valence-electron chi connectivity index (χ3n) is 4.29. The maximum atomic E-state index is 13.0. The van der Waals surface area contributed by atoms with Crippen LogP contribution in [0, 0.1) is 5.92 Å². The van der Waals surface area contributed by atoms with Crippen molar-refractivity contribution in [2.45, 2.75) is 40.2 Å². The molecule has 5 nitrogen and oxygen atoms in total. The Hall–Kier alpha value is -2.53. The minimum Gasteiger partial charge on any atom is -0.467 e. The fourth-order valence-corrected chi connectivity index (χ4v) is 3.21. The molecule has 27 heavy (non-hydrogen) atoms. The second-order valence-electron chi connectivity index (χ2n) is 6.87. The SMILES string of the molecule is CCc1c(C(=O)NCc2ccco2)c(CC(C)C)nn1-c1ccc(Cl)cc1. The van der Waals surface area contributed by atoms with E-state index in [-0.39, 0.29) is 5.91 Å². The van der Waals surface area contributed by atoms with E-state index in [4.69, 9.17) is 21.1 Å². The van der Waals surface area contributed by atoms with Crippen molar-refractivity contribution in [1.29, 1.82) is 0 Å². The Balaban J connectivity index is 1.98. The number of carbonyl (C=O) groups is 1. The van der Waals surface area contributed by atoms with Crippen molar-refractivity contribution < 1.29 is 9.21 Å². The predicted octanol–water partition coefficient (Wildman–Crippen LogP) is 4.81. The molecule has 6 heteroatoms. The number of carbonyl (C=O) groups excluding carboxylic acids is 1. The maximum Gasteiger partial charge on any atom is 0.255 e. The Labute approximate surface area is 164 Å². The van der Waals surface area contributed by atoms with Crippen molar-refractivity contribution in [2.75, 3.05) is 0 Å². The molecule has 0 aliphatic carbocycles. The van der Waals surface area contributed by atoms with Crippen LogP contribution in [0.15, 0.2) is 47.1 Å². The van der Waals surface area contributed by atoms with Gasteiger partial charge in [0, 0.05) is 5.02 Å². The minimum atomic E-state index is -0.126. The van der Waals surface area contributed by atoms with E-state index < -0.39 is 0 Å². The fourth-order valence-electron chi connectivity index (χ4n) is 3.09. The molecule has 3 rings (SSSR count). The van der Waals surface area contributed by atoms with E-state index in [1.54, 1.807) is 6.26 Å². The van der Waals surface area contributed by atoms with Gasteiger partial charge in [-0.1, -0.05) is 32.4 Å². The van der Waals surface area contributed by atoms with Gasteiger partial charge in [0.1, 0.15) is 5.76 Å². The summed E-state index contributed by atoms with van der Waals surface area (Å²) in [5.74, 6) is 0.982. The summed E-state index contributed by atoms with van der Waals surface area (Å²) < 4.78 is 7.17. The van der Waals surface area contributed by atoms with Gasteiger partial charge in [-0.05, 0) is 55.2 Å². The molecule has 0 radical (unpaired) electrons. The average Bonchev–Trinajstić information content (AvgIpc) is 3.27. The molecule has 3 aromatic rings. The number of nitrogens with zero attached hydrogens (tertiary/aromatic N) is 2. The van der Waals surface area contributed by atoms with Crippen molar-refractivity contribution in [1.82, 2.24) is 15.1 Å². The first-order valence-corrected chi connectivity index (χ1v) is 9.54. The van der Waals surface area contributed by atoms with E-state index in [1.807, 2.05) is 48.0 Å². The summed E-state index contributed by atoms with van der Waals surface area (Å²) in [6.45, 7) is 6.63. The van der Waals surface area contributed by atoms with Crippen LogP contribution < -0.4 is 5.32 Å². The van der Waals surface area contributed by atoms with Gasteiger partial charge < -0.3 is 9.73 Å². The molecule has 0 atom stereocenters. The number of hydrogen-bond acceptors (Lipinski definition) is 3. The first-order chi connectivity index (χ1) is 13.0. The largest absolute Gasteiger partial charge is 0.467 e. The summed E-state index contributed by atoms with van der Waals surface area (Å²) in [5.41, 5.74) is 3.26. The molecular formula is C21H24ClN3O2. The third kappa shape index (κ3) is 4.42. The van der Waals surface area contributed by atoms with Gasteiger partial charge in [0.2, 0.25) is 0 Å². The molecule has 0 saturated heterocycles. The second kappa shape index (κ2) is 8.44. The van der Waals surface area contributed by atoms with E-state index in [9.17, 15) is 4.79 Å². The van der Waals surface area contributed by atoms with Crippen LogP contribution in [0.1, 0.15) is 48.3 Å². The van der Waals surface area contributed by atoms with Gasteiger partial charge in [-0.25, -0.2) is 4.68 Å². The first kappa shape index (κ1) is 19.2. The Bertz CT molecular complexity index is 896. The van der Waals surface area contributed by atoms with E-state index >= 15 is 0 Å². The van der Waals surface area contributed by atoms with Gasteiger partial charge in [0.05, 0.1) is 35.4 Å². The second-order valence-corrected chi connectivity index (χ2v) is 7.31. The molecule has 1 N–H and O–H groups in total. The highest BCUT2D eigenvalue weighted by molar-refractivity contribution is 6.30. The maximum absolute atomic E-state index is 13.0. The van der Waals surface area contributed by atoms with Crippen LogP contribution in [0.25, 0.3) is 5.69 Å². The van der Waals surface area contributed by atoms with Gasteiger partial charge >= 0.3 is 0 Å². The Morgan fingerprint density at radius 1 is 1.26 bits per heavy atom. The number of benzene rings is 1. The average molecular weight is 386 g/mol. The van der Waals surface area contributed by atoms with Crippen molar-refractivity contribution in [2.24, 2.45) is 5.92 Å². The van der Waals surface area contributed by atoms with Crippen molar-refractivity contribution in [3.63, 3.8) is 0 Å². The van der Waals surface area contributed by atoms with Gasteiger partial charge in [-0.3, -0.25) is 4.79 Å². The van der Waals surface area contributed by atoms with Gasteiger partial charge in [-0.2, -0.15) is 5.10 Å². The molecule has 2 heterocycles. The molecule has 0 saturated carbocycles. The van der Waals surface area contributed by atoms with Crippen molar-refractivity contribution >= 4 is 17.5 Å². The minimum absolute atomic E-state index is 0.126. The van der Waals surface area contributed by atoms with Gasteiger partial charge in [-0.15, -0.1) is 0 Å². The van der Waals surface area contributed by atoms with Gasteiger partial charge in [0.15, 0.2) is 0 Å². The lowest BCUT2D eigenvalue weighted by Crippen LogP contribution is -2.25. The highest BCUT2D eigenvalue weighted by atomic mass is 35.5. The summed E-state index contributed by atoms with van der Waals surface area (Å²) in [7, 11) is 0. The Morgan fingerprint density at radius 2 is 2.00 bits per heavy atom. The van der Waals surface area contributed by atoms with Crippen LogP contribution in [0.5, 0.6) is 0 Å². The zero-order chi connectivity index (χ0) is 19.4. The first-order valence-electron chi connectivity index (χ1n) is 9.16. The van der Waals surface area contributed by atoms with Crippen molar-refractivity contribution in [3.8, 4) is 5.69 Å². The van der Waals surface area contributed by atoms with E-state index in [1.165, 1.54) is 0 Å². The van der Waals surface area contributed by atoms with Gasteiger partial charge in [0.25, 0.3) is 5.91 Å². The fraction of sp³-hybridized carbons (Fsp3) is 0.333. The lowest BCUT2D eigenvalue weighted by Gasteiger charge is -2.09. The monoisotopic (exact) mass is 385 g/mol. The highest BCUT2D eigenvalue weighted by Gasteiger charge is 2.24. The molecule has 0 aliphatic heterocycles. The van der Waals surface area contributed by atoms with E-state index in [2.05, 4.69) is 19.2 Å². The summed E-state index contributed by atoms with van der Waals surface area (Å²) in [4.78, 5) is 13.0. The quantitative estimate of drug-likeness (QED) is 0.634. The Kier molecular flexibility index (Phi) is 6.01. The van der Waals surface area contributed by atoms with E-state index in [0.717, 1.165) is 29.3 Å². The number of nitrogens with one attached hydrogen (secondary N) is 1. The zero-order valence-electron chi connectivity index (χ0n) is 15.8. The lowest BCUT2D eigenvalue weighted by molar-refractivity contribution is 0.0946. The number of rotatable bonds is 7. The molecular weight excluding hydrogens is 362 g/mol. The van der Waals surface area contributed by atoms with Crippen LogP contribution in [0.3, 0.4) is 0 Å². The summed E-state index contributed by atoms with van der Waals surface area (Å²) in [6, 6.07) is 11.1. The molecule has 1 amide bonds.